The predicted octanol–water partition coefficient (Wildman–Crippen LogP) is 1.78. The Hall–Kier alpha value is -1.39. The van der Waals surface area contributed by atoms with E-state index < -0.39 is 0 Å². The second kappa shape index (κ2) is 4.23. The number of rotatable bonds is 1. The number of hydroxylamine groups is 2. The summed E-state index contributed by atoms with van der Waals surface area (Å²) in [5.41, 5.74) is 2.71. The fraction of sp³-hybridized carbons (Fsp3) is 0.417. The summed E-state index contributed by atoms with van der Waals surface area (Å²) in [6, 6.07) is 5.51. The fourth-order valence-corrected chi connectivity index (χ4v) is 2.14. The van der Waals surface area contributed by atoms with Crippen molar-refractivity contribution in [3.8, 4) is 0 Å². The van der Waals surface area contributed by atoms with Gasteiger partial charge in [-0.25, -0.2) is 4.79 Å². The third kappa shape index (κ3) is 1.94. The number of carbonyl (C=O) groups excluding carboxylic acids is 1. The van der Waals surface area contributed by atoms with Gasteiger partial charge in [0.05, 0.1) is 12.7 Å². The zero-order valence-corrected chi connectivity index (χ0v) is 9.43. The van der Waals surface area contributed by atoms with Crippen LogP contribution in [0.3, 0.4) is 0 Å². The Bertz CT molecular complexity index is 417. The highest BCUT2D eigenvalue weighted by Crippen LogP contribution is 2.27. The second-order valence-electron chi connectivity index (χ2n) is 4.15. The Morgan fingerprint density at radius 2 is 2.31 bits per heavy atom. The Labute approximate surface area is 94.4 Å². The van der Waals surface area contributed by atoms with E-state index in [0.717, 1.165) is 5.56 Å². The van der Waals surface area contributed by atoms with Crippen LogP contribution >= 0.6 is 0 Å². The molecule has 1 aromatic rings. The minimum Gasteiger partial charge on any atom is -0.465 e. The topological polar surface area (TPSA) is 49.8 Å². The van der Waals surface area contributed by atoms with Crippen molar-refractivity contribution in [1.82, 2.24) is 5.06 Å². The van der Waals surface area contributed by atoms with Crippen molar-refractivity contribution in [3.63, 3.8) is 0 Å². The van der Waals surface area contributed by atoms with E-state index in [1.807, 2.05) is 6.07 Å². The normalized spacial score (nSPS) is 20.3. The first kappa shape index (κ1) is 11.1. The average molecular weight is 221 g/mol. The molecule has 1 aliphatic heterocycles. The molecule has 0 fully saturated rings. The lowest BCUT2D eigenvalue weighted by Crippen LogP contribution is -2.29. The van der Waals surface area contributed by atoms with Gasteiger partial charge in [-0.05, 0) is 29.2 Å². The third-order valence-electron chi connectivity index (χ3n) is 2.93. The number of fused-ring (bicyclic) bond motifs is 1. The zero-order chi connectivity index (χ0) is 11.7. The largest absolute Gasteiger partial charge is 0.465 e. The molecular weight excluding hydrogens is 206 g/mol. The van der Waals surface area contributed by atoms with Gasteiger partial charge in [-0.2, -0.15) is 5.06 Å². The maximum absolute atomic E-state index is 11.4. The molecule has 0 saturated heterocycles. The fourth-order valence-electron chi connectivity index (χ4n) is 2.14. The quantitative estimate of drug-likeness (QED) is 0.734. The summed E-state index contributed by atoms with van der Waals surface area (Å²) in [5, 5.41) is 10.8. The smallest absolute Gasteiger partial charge is 0.337 e. The lowest BCUT2D eigenvalue weighted by atomic mass is 9.91. The molecule has 0 unspecified atom stereocenters. The first-order chi connectivity index (χ1) is 7.61. The first-order valence-electron chi connectivity index (χ1n) is 5.26. The second-order valence-corrected chi connectivity index (χ2v) is 4.15. The van der Waals surface area contributed by atoms with Gasteiger partial charge in [0.15, 0.2) is 0 Å². The molecule has 0 aromatic heterocycles. The molecule has 2 rings (SSSR count). The number of benzene rings is 1. The van der Waals surface area contributed by atoms with Crippen LogP contribution in [-0.2, 0) is 11.3 Å². The van der Waals surface area contributed by atoms with Crippen LogP contribution in [0.4, 0.5) is 0 Å². The van der Waals surface area contributed by atoms with E-state index in [4.69, 9.17) is 0 Å². The van der Waals surface area contributed by atoms with Crippen molar-refractivity contribution in [2.75, 3.05) is 13.7 Å². The lowest BCUT2D eigenvalue weighted by molar-refractivity contribution is -0.108. The molecule has 0 spiro atoms. The molecule has 0 amide bonds. The Morgan fingerprint density at radius 3 is 3.00 bits per heavy atom. The van der Waals surface area contributed by atoms with Gasteiger partial charge >= 0.3 is 5.97 Å². The SMILES string of the molecule is COC(=O)c1ccc2c(c1)CN(O)C[C@@H]2C. The maximum atomic E-state index is 11.4. The van der Waals surface area contributed by atoms with Crippen LogP contribution in [0.2, 0.25) is 0 Å². The summed E-state index contributed by atoms with van der Waals surface area (Å²) in [6.07, 6.45) is 0. The molecule has 1 heterocycles. The maximum Gasteiger partial charge on any atom is 0.337 e. The van der Waals surface area contributed by atoms with Crippen molar-refractivity contribution in [1.29, 1.82) is 0 Å². The Kier molecular flexibility index (Phi) is 2.94. The molecule has 4 heteroatoms. The van der Waals surface area contributed by atoms with Gasteiger partial charge in [0.1, 0.15) is 0 Å². The number of methoxy groups -OCH3 is 1. The van der Waals surface area contributed by atoms with E-state index in [2.05, 4.69) is 11.7 Å². The predicted molar refractivity (Wildman–Crippen MR) is 58.4 cm³/mol. The number of hydrogen-bond acceptors (Lipinski definition) is 4. The number of carbonyl (C=O) groups is 1. The third-order valence-corrected chi connectivity index (χ3v) is 2.93. The van der Waals surface area contributed by atoms with Gasteiger partial charge in [-0.15, -0.1) is 0 Å². The summed E-state index contributed by atoms with van der Waals surface area (Å²) in [6.45, 7) is 3.15. The number of hydrogen-bond donors (Lipinski definition) is 1. The van der Waals surface area contributed by atoms with Gasteiger partial charge < -0.3 is 9.94 Å². The molecule has 1 atom stereocenters. The number of nitrogens with zero attached hydrogens (tertiary/aromatic N) is 1. The van der Waals surface area contributed by atoms with Crippen molar-refractivity contribution in [2.45, 2.75) is 19.4 Å². The Balaban J connectivity index is 2.38. The molecule has 0 aliphatic carbocycles. The highest BCUT2D eigenvalue weighted by atomic mass is 16.5. The van der Waals surface area contributed by atoms with Crippen LogP contribution in [0.25, 0.3) is 0 Å². The standard InChI is InChI=1S/C12H15NO3/c1-8-6-13(15)7-10-5-9(12(14)16-2)3-4-11(8)10/h3-5,8,15H,6-7H2,1-2H3/t8-/m0/s1. The number of ether oxygens (including phenoxy) is 1. The lowest BCUT2D eigenvalue weighted by Gasteiger charge is -2.28. The summed E-state index contributed by atoms with van der Waals surface area (Å²) in [5.74, 6) is -0.0639. The van der Waals surface area contributed by atoms with Crippen LogP contribution in [-0.4, -0.2) is 29.9 Å². The van der Waals surface area contributed by atoms with E-state index in [9.17, 15) is 10.0 Å². The van der Waals surface area contributed by atoms with E-state index >= 15 is 0 Å². The summed E-state index contributed by atoms with van der Waals surface area (Å²) in [7, 11) is 1.36. The molecule has 86 valence electrons. The summed E-state index contributed by atoms with van der Waals surface area (Å²) in [4.78, 5) is 11.4. The van der Waals surface area contributed by atoms with Gasteiger partial charge in [-0.1, -0.05) is 13.0 Å². The number of esters is 1. The van der Waals surface area contributed by atoms with E-state index in [1.165, 1.54) is 17.7 Å². The van der Waals surface area contributed by atoms with Gasteiger partial charge in [0.2, 0.25) is 0 Å². The van der Waals surface area contributed by atoms with Crippen LogP contribution in [0.5, 0.6) is 0 Å². The molecule has 1 N–H and O–H groups in total. The average Bonchev–Trinajstić information content (AvgIpc) is 2.27. The van der Waals surface area contributed by atoms with E-state index in [-0.39, 0.29) is 11.9 Å². The summed E-state index contributed by atoms with van der Waals surface area (Å²) >= 11 is 0. The van der Waals surface area contributed by atoms with Crippen molar-refractivity contribution < 1.29 is 14.7 Å². The Morgan fingerprint density at radius 1 is 1.56 bits per heavy atom. The molecule has 16 heavy (non-hydrogen) atoms. The molecule has 1 aromatic carbocycles. The van der Waals surface area contributed by atoms with Crippen molar-refractivity contribution >= 4 is 5.97 Å². The van der Waals surface area contributed by atoms with E-state index in [1.54, 1.807) is 12.1 Å². The minimum atomic E-state index is -0.342. The molecular formula is C12H15NO3. The molecule has 0 bridgehead atoms. The molecule has 4 nitrogen and oxygen atoms in total. The van der Waals surface area contributed by atoms with Gasteiger partial charge in [0, 0.05) is 13.1 Å². The minimum absolute atomic E-state index is 0.278. The summed E-state index contributed by atoms with van der Waals surface area (Å²) < 4.78 is 4.67. The van der Waals surface area contributed by atoms with Gasteiger partial charge in [0.25, 0.3) is 0 Å². The molecule has 0 saturated carbocycles. The zero-order valence-electron chi connectivity index (χ0n) is 9.43. The van der Waals surface area contributed by atoms with Crippen LogP contribution in [0.15, 0.2) is 18.2 Å². The molecule has 0 radical (unpaired) electrons. The van der Waals surface area contributed by atoms with Crippen LogP contribution in [0.1, 0.15) is 34.3 Å². The molecule has 1 aliphatic rings. The van der Waals surface area contributed by atoms with E-state index in [0.29, 0.717) is 18.7 Å². The first-order valence-corrected chi connectivity index (χ1v) is 5.26. The van der Waals surface area contributed by atoms with Crippen LogP contribution < -0.4 is 0 Å². The monoisotopic (exact) mass is 221 g/mol. The highest BCUT2D eigenvalue weighted by molar-refractivity contribution is 5.89. The van der Waals surface area contributed by atoms with Crippen molar-refractivity contribution in [2.24, 2.45) is 0 Å². The van der Waals surface area contributed by atoms with Crippen molar-refractivity contribution in [3.05, 3.63) is 34.9 Å². The highest BCUT2D eigenvalue weighted by Gasteiger charge is 2.22. The van der Waals surface area contributed by atoms with Crippen LogP contribution in [0, 0.1) is 0 Å². The van der Waals surface area contributed by atoms with Gasteiger partial charge in [-0.3, -0.25) is 0 Å².